The van der Waals surface area contributed by atoms with Gasteiger partial charge in [-0.25, -0.2) is 4.68 Å². The molecule has 0 unspecified atom stereocenters. The van der Waals surface area contributed by atoms with Gasteiger partial charge in [0.25, 0.3) is 0 Å². The number of hydrogen-bond acceptors (Lipinski definition) is 4. The van der Waals surface area contributed by atoms with Crippen LogP contribution in [0.25, 0.3) is 0 Å². The highest BCUT2D eigenvalue weighted by atomic mass is 79.9. The highest BCUT2D eigenvalue weighted by Gasteiger charge is 1.95. The highest BCUT2D eigenvalue weighted by molar-refractivity contribution is 9.11. The third-order valence-electron chi connectivity index (χ3n) is 0.807. The van der Waals surface area contributed by atoms with Crippen LogP contribution in [0.3, 0.4) is 0 Å². The lowest BCUT2D eigenvalue weighted by atomic mass is 11.2. The number of hydrogen-bond donors (Lipinski definition) is 0. The predicted octanol–water partition coefficient (Wildman–Crippen LogP) is 0.826. The fraction of sp³-hybridized carbons (Fsp3) is 0.333. The lowest BCUT2D eigenvalue weighted by molar-refractivity contribution is 0.714. The number of halogens is 1. The fourth-order valence-corrected chi connectivity index (χ4v) is 1.68. The zero-order valence-electron chi connectivity index (χ0n) is 4.98. The van der Waals surface area contributed by atoms with Gasteiger partial charge in [-0.1, -0.05) is 16.4 Å². The molecule has 0 radical (unpaired) electrons. The molecule has 1 aromatic heterocycles. The Balaban J connectivity index is 3.27. The molecule has 1 aromatic rings. The van der Waals surface area contributed by atoms with Crippen LogP contribution in [-0.4, -0.2) is 9.78 Å². The molecular formula is C3H3BrN4OS. The fourth-order valence-electron chi connectivity index (χ4n) is 0.443. The summed E-state index contributed by atoms with van der Waals surface area (Å²) in [4.78, 5) is 10.1. The maximum Gasteiger partial charge on any atom is 0.232 e. The summed E-state index contributed by atoms with van der Waals surface area (Å²) in [6.07, 6.45) is 0. The second-order valence-electron chi connectivity index (χ2n) is 1.44. The molecule has 54 valence electrons. The van der Waals surface area contributed by atoms with Crippen molar-refractivity contribution in [2.75, 3.05) is 0 Å². The van der Waals surface area contributed by atoms with Gasteiger partial charge in [0.05, 0.1) is 5.29 Å². The second-order valence-corrected chi connectivity index (χ2v) is 3.67. The van der Waals surface area contributed by atoms with Crippen molar-refractivity contribution in [2.24, 2.45) is 17.4 Å². The Bertz CT molecular complexity index is 302. The topological polar surface area (TPSA) is 59.6 Å². The molecule has 10 heavy (non-hydrogen) atoms. The monoisotopic (exact) mass is 222 g/mol. The molecule has 0 atom stereocenters. The minimum Gasteiger partial charge on any atom is -0.239 e. The molecule has 0 spiro atoms. The lowest BCUT2D eigenvalue weighted by Crippen LogP contribution is -2.10. The minimum atomic E-state index is 0.474. The van der Waals surface area contributed by atoms with Gasteiger partial charge >= 0.3 is 0 Å². The summed E-state index contributed by atoms with van der Waals surface area (Å²) >= 11 is 4.38. The quantitative estimate of drug-likeness (QED) is 0.522. The number of aryl methyl sites for hydroxylation is 1. The molecule has 0 aromatic carbocycles. The predicted molar refractivity (Wildman–Crippen MR) is 40.1 cm³/mol. The van der Waals surface area contributed by atoms with Crippen molar-refractivity contribution in [3.8, 4) is 0 Å². The Morgan fingerprint density at radius 1 is 1.80 bits per heavy atom. The van der Waals surface area contributed by atoms with E-state index in [1.165, 1.54) is 16.0 Å². The maximum absolute atomic E-state index is 9.67. The third-order valence-corrected chi connectivity index (χ3v) is 2.23. The number of nitrogens with zero attached hydrogens (tertiary/aromatic N) is 4. The summed E-state index contributed by atoms with van der Waals surface area (Å²) in [5.41, 5.74) is 0. The van der Waals surface area contributed by atoms with Crippen LogP contribution in [0.4, 0.5) is 0 Å². The van der Waals surface area contributed by atoms with E-state index in [0.717, 1.165) is 0 Å². The summed E-state index contributed by atoms with van der Waals surface area (Å²) < 4.78 is 2.15. The van der Waals surface area contributed by atoms with Crippen molar-refractivity contribution in [1.82, 2.24) is 9.78 Å². The average molecular weight is 223 g/mol. The summed E-state index contributed by atoms with van der Waals surface area (Å²) in [6, 6.07) is 0. The van der Waals surface area contributed by atoms with Crippen LogP contribution < -0.4 is 4.80 Å². The molecule has 0 aliphatic carbocycles. The molecule has 7 heteroatoms. The van der Waals surface area contributed by atoms with Crippen LogP contribution in [0, 0.1) is 4.91 Å². The van der Waals surface area contributed by atoms with E-state index < -0.39 is 0 Å². The Hall–Kier alpha value is -0.560. The lowest BCUT2D eigenvalue weighted by Gasteiger charge is -1.79. The van der Waals surface area contributed by atoms with E-state index in [0.29, 0.717) is 8.72 Å². The Morgan fingerprint density at radius 3 is 2.90 bits per heavy atom. The molecule has 0 bridgehead atoms. The zero-order chi connectivity index (χ0) is 7.56. The molecule has 0 aliphatic heterocycles. The molecule has 0 N–H and O–H groups in total. The van der Waals surface area contributed by atoms with Gasteiger partial charge in [-0.3, -0.25) is 0 Å². The van der Waals surface area contributed by atoms with Crippen LogP contribution in [0.2, 0.25) is 0 Å². The van der Waals surface area contributed by atoms with Gasteiger partial charge in [0, 0.05) is 7.05 Å². The van der Waals surface area contributed by atoms with Crippen molar-refractivity contribution < 1.29 is 0 Å². The van der Waals surface area contributed by atoms with Crippen LogP contribution in [0.15, 0.2) is 14.3 Å². The molecule has 1 rings (SSSR count). The summed E-state index contributed by atoms with van der Waals surface area (Å²) in [6.45, 7) is 0. The Kier molecular flexibility index (Phi) is 2.28. The number of aromatic nitrogens is 2. The minimum absolute atomic E-state index is 0.474. The van der Waals surface area contributed by atoms with E-state index in [2.05, 4.69) is 31.4 Å². The van der Waals surface area contributed by atoms with Gasteiger partial charge < -0.3 is 0 Å². The van der Waals surface area contributed by atoms with E-state index >= 15 is 0 Å². The smallest absolute Gasteiger partial charge is 0.232 e. The summed E-state index contributed by atoms with van der Waals surface area (Å²) in [5.74, 6) is 0. The molecule has 0 amide bonds. The van der Waals surface area contributed by atoms with Crippen molar-refractivity contribution in [3.05, 3.63) is 13.6 Å². The van der Waals surface area contributed by atoms with Crippen LogP contribution in [-0.2, 0) is 7.05 Å². The largest absolute Gasteiger partial charge is 0.239 e. The van der Waals surface area contributed by atoms with Crippen molar-refractivity contribution in [1.29, 1.82) is 0 Å². The number of rotatable bonds is 1. The van der Waals surface area contributed by atoms with Crippen LogP contribution in [0.5, 0.6) is 0 Å². The van der Waals surface area contributed by atoms with Crippen LogP contribution in [0.1, 0.15) is 0 Å². The molecule has 0 saturated carbocycles. The van der Waals surface area contributed by atoms with Gasteiger partial charge in [-0.15, -0.1) is 4.91 Å². The highest BCUT2D eigenvalue weighted by Crippen LogP contribution is 2.06. The van der Waals surface area contributed by atoms with Crippen molar-refractivity contribution in [2.45, 2.75) is 0 Å². The summed E-state index contributed by atoms with van der Waals surface area (Å²) in [5, 5.41) is 9.56. The second kappa shape index (κ2) is 3.02. The SMILES string of the molecule is Cn1nc(Br)sc1=NN=O. The Labute approximate surface area is 68.5 Å². The van der Waals surface area contributed by atoms with Gasteiger partial charge in [0.1, 0.15) is 0 Å². The molecule has 0 saturated heterocycles. The first-order valence-electron chi connectivity index (χ1n) is 2.30. The zero-order valence-corrected chi connectivity index (χ0v) is 7.39. The van der Waals surface area contributed by atoms with Gasteiger partial charge in [0.15, 0.2) is 3.92 Å². The first-order chi connectivity index (χ1) is 4.74. The average Bonchev–Trinajstić information content (AvgIpc) is 2.13. The summed E-state index contributed by atoms with van der Waals surface area (Å²) in [7, 11) is 1.69. The molecule has 5 nitrogen and oxygen atoms in total. The van der Waals surface area contributed by atoms with Gasteiger partial charge in [0.2, 0.25) is 4.80 Å². The maximum atomic E-state index is 9.67. The Morgan fingerprint density at radius 2 is 2.50 bits per heavy atom. The van der Waals surface area contributed by atoms with E-state index in [-0.39, 0.29) is 0 Å². The normalized spacial score (nSPS) is 12.0. The van der Waals surface area contributed by atoms with Gasteiger partial charge in [-0.05, 0) is 15.9 Å². The first kappa shape index (κ1) is 7.55. The third kappa shape index (κ3) is 1.48. The van der Waals surface area contributed by atoms with E-state index in [9.17, 15) is 4.91 Å². The molecule has 1 heterocycles. The van der Waals surface area contributed by atoms with Crippen molar-refractivity contribution >= 4 is 27.3 Å². The van der Waals surface area contributed by atoms with E-state index in [1.807, 2.05) is 0 Å². The van der Waals surface area contributed by atoms with Gasteiger partial charge in [-0.2, -0.15) is 5.10 Å². The number of nitroso groups, excluding NO2 is 1. The van der Waals surface area contributed by atoms with E-state index in [1.54, 1.807) is 7.05 Å². The van der Waals surface area contributed by atoms with E-state index in [4.69, 9.17) is 0 Å². The van der Waals surface area contributed by atoms with Crippen molar-refractivity contribution in [3.63, 3.8) is 0 Å². The molecular weight excluding hydrogens is 220 g/mol. The first-order valence-corrected chi connectivity index (χ1v) is 3.91. The molecule has 0 fully saturated rings. The van der Waals surface area contributed by atoms with Crippen LogP contribution >= 0.6 is 27.3 Å². The molecule has 0 aliphatic rings. The standard InChI is InChI=1S/C3H3BrN4OS/c1-8-3(5-7-9)10-2(4)6-8/h1H3.